The fourth-order valence-electron chi connectivity index (χ4n) is 2.36. The molecule has 0 radical (unpaired) electrons. The van der Waals surface area contributed by atoms with Crippen molar-refractivity contribution in [3.05, 3.63) is 59.5 Å². The number of nitrogens with zero attached hydrogens (tertiary/aromatic N) is 1. The predicted octanol–water partition coefficient (Wildman–Crippen LogP) is 2.59. The van der Waals surface area contributed by atoms with Crippen molar-refractivity contribution in [2.75, 3.05) is 7.05 Å². The van der Waals surface area contributed by atoms with Crippen LogP contribution in [0.4, 0.5) is 0 Å². The van der Waals surface area contributed by atoms with Crippen molar-refractivity contribution in [1.82, 2.24) is 15.4 Å². The molecular formula is C18H27IN4O3S. The SMILES string of the molecule is CN=C(NCc1ccc(CS(=O)(=O)NC(C)C)cc1)NCc1ccco1.I. The van der Waals surface area contributed by atoms with Crippen molar-refractivity contribution in [3.63, 3.8) is 0 Å². The molecule has 0 unspecified atom stereocenters. The Morgan fingerprint density at radius 3 is 2.26 bits per heavy atom. The van der Waals surface area contributed by atoms with E-state index in [0.717, 1.165) is 16.9 Å². The van der Waals surface area contributed by atoms with Crippen LogP contribution in [0.5, 0.6) is 0 Å². The summed E-state index contributed by atoms with van der Waals surface area (Å²) >= 11 is 0. The van der Waals surface area contributed by atoms with Crippen LogP contribution >= 0.6 is 24.0 Å². The first-order valence-corrected chi connectivity index (χ1v) is 10.1. The molecule has 7 nitrogen and oxygen atoms in total. The van der Waals surface area contributed by atoms with E-state index in [-0.39, 0.29) is 35.8 Å². The van der Waals surface area contributed by atoms with Crippen LogP contribution in [0, 0.1) is 0 Å². The zero-order chi connectivity index (χ0) is 19.0. The Hall–Kier alpha value is -1.59. The Kier molecular flexibility index (Phi) is 9.81. The second-order valence-electron chi connectivity index (χ2n) is 6.21. The molecule has 0 bridgehead atoms. The Balaban J connectivity index is 0.00000364. The van der Waals surface area contributed by atoms with Gasteiger partial charge in [0.25, 0.3) is 0 Å². The number of guanidine groups is 1. The van der Waals surface area contributed by atoms with Gasteiger partial charge in [-0.2, -0.15) is 0 Å². The number of sulfonamides is 1. The number of furan rings is 1. The Morgan fingerprint density at radius 1 is 1.07 bits per heavy atom. The molecule has 0 saturated carbocycles. The maximum atomic E-state index is 12.0. The van der Waals surface area contributed by atoms with Gasteiger partial charge in [0, 0.05) is 19.6 Å². The summed E-state index contributed by atoms with van der Waals surface area (Å²) in [4.78, 5) is 4.16. The average molecular weight is 506 g/mol. The average Bonchev–Trinajstić information content (AvgIpc) is 3.08. The molecule has 2 aromatic rings. The summed E-state index contributed by atoms with van der Waals surface area (Å²) in [5.74, 6) is 1.47. The van der Waals surface area contributed by atoms with E-state index >= 15 is 0 Å². The molecule has 0 saturated heterocycles. The van der Waals surface area contributed by atoms with E-state index in [4.69, 9.17) is 4.42 Å². The second-order valence-corrected chi connectivity index (χ2v) is 7.96. The molecule has 0 spiro atoms. The number of benzene rings is 1. The third-order valence-corrected chi connectivity index (χ3v) is 5.03. The minimum atomic E-state index is -3.31. The monoisotopic (exact) mass is 506 g/mol. The number of hydrogen-bond donors (Lipinski definition) is 3. The third kappa shape index (κ3) is 8.76. The summed E-state index contributed by atoms with van der Waals surface area (Å²) in [6.07, 6.45) is 1.63. The lowest BCUT2D eigenvalue weighted by Gasteiger charge is -2.12. The van der Waals surface area contributed by atoms with Crippen LogP contribution in [0.25, 0.3) is 0 Å². The molecule has 9 heteroatoms. The van der Waals surface area contributed by atoms with Crippen LogP contribution in [-0.2, 0) is 28.9 Å². The van der Waals surface area contributed by atoms with Gasteiger partial charge in [0.1, 0.15) is 5.76 Å². The molecular weight excluding hydrogens is 479 g/mol. The largest absolute Gasteiger partial charge is 0.467 e. The molecule has 0 fully saturated rings. The summed E-state index contributed by atoms with van der Waals surface area (Å²) in [5.41, 5.74) is 1.78. The second kappa shape index (κ2) is 11.3. The van der Waals surface area contributed by atoms with Gasteiger partial charge in [-0.15, -0.1) is 24.0 Å². The highest BCUT2D eigenvalue weighted by Gasteiger charge is 2.12. The molecule has 0 amide bonds. The Bertz CT molecular complexity index is 804. The Morgan fingerprint density at radius 2 is 1.70 bits per heavy atom. The quantitative estimate of drug-likeness (QED) is 0.291. The van der Waals surface area contributed by atoms with Gasteiger partial charge in [-0.3, -0.25) is 4.99 Å². The standard InChI is InChI=1S/C18H26N4O3S.HI/c1-14(2)22-26(23,24)13-16-8-6-15(7-9-16)11-20-18(19-3)21-12-17-5-4-10-25-17;/h4-10,14,22H,11-13H2,1-3H3,(H2,19,20,21);1H. The molecule has 1 heterocycles. The van der Waals surface area contributed by atoms with Gasteiger partial charge in [0.15, 0.2) is 5.96 Å². The highest BCUT2D eigenvalue weighted by molar-refractivity contribution is 14.0. The minimum Gasteiger partial charge on any atom is -0.467 e. The van der Waals surface area contributed by atoms with Gasteiger partial charge in [-0.1, -0.05) is 24.3 Å². The van der Waals surface area contributed by atoms with E-state index in [0.29, 0.717) is 19.0 Å². The van der Waals surface area contributed by atoms with Crippen molar-refractivity contribution >= 4 is 40.0 Å². The van der Waals surface area contributed by atoms with Gasteiger partial charge in [0.2, 0.25) is 10.0 Å². The highest BCUT2D eigenvalue weighted by atomic mass is 127. The van der Waals surface area contributed by atoms with Crippen molar-refractivity contribution in [3.8, 4) is 0 Å². The topological polar surface area (TPSA) is 95.7 Å². The molecule has 1 aromatic carbocycles. The first-order chi connectivity index (χ1) is 12.4. The normalized spacial score (nSPS) is 11.9. The molecule has 0 aliphatic carbocycles. The van der Waals surface area contributed by atoms with E-state index in [1.807, 2.05) is 36.4 Å². The highest BCUT2D eigenvalue weighted by Crippen LogP contribution is 2.08. The third-order valence-electron chi connectivity index (χ3n) is 3.49. The summed E-state index contributed by atoms with van der Waals surface area (Å²) in [7, 11) is -1.61. The van der Waals surface area contributed by atoms with Gasteiger partial charge in [-0.05, 0) is 37.1 Å². The molecule has 150 valence electrons. The zero-order valence-corrected chi connectivity index (χ0v) is 18.9. The van der Waals surface area contributed by atoms with Crippen molar-refractivity contribution in [2.24, 2.45) is 4.99 Å². The van der Waals surface area contributed by atoms with Gasteiger partial charge >= 0.3 is 0 Å². The van der Waals surface area contributed by atoms with Crippen LogP contribution in [0.15, 0.2) is 52.1 Å². The van der Waals surface area contributed by atoms with Crippen LogP contribution in [0.2, 0.25) is 0 Å². The van der Waals surface area contributed by atoms with Crippen molar-refractivity contribution in [2.45, 2.75) is 38.7 Å². The van der Waals surface area contributed by atoms with E-state index in [1.54, 1.807) is 27.2 Å². The summed E-state index contributed by atoms with van der Waals surface area (Å²) < 4.78 is 31.8. The number of rotatable bonds is 8. The predicted molar refractivity (Wildman–Crippen MR) is 118 cm³/mol. The molecule has 0 atom stereocenters. The van der Waals surface area contributed by atoms with Crippen molar-refractivity contribution in [1.29, 1.82) is 0 Å². The summed E-state index contributed by atoms with van der Waals surface area (Å²) in [6.45, 7) is 4.74. The first-order valence-electron chi connectivity index (χ1n) is 8.42. The molecule has 1 aromatic heterocycles. The minimum absolute atomic E-state index is 0. The molecule has 27 heavy (non-hydrogen) atoms. The van der Waals surface area contributed by atoms with Crippen LogP contribution in [-0.4, -0.2) is 27.5 Å². The molecule has 3 N–H and O–H groups in total. The zero-order valence-electron chi connectivity index (χ0n) is 15.7. The lowest BCUT2D eigenvalue weighted by atomic mass is 10.1. The number of halogens is 1. The summed E-state index contributed by atoms with van der Waals surface area (Å²) in [6, 6.07) is 11.1. The number of hydrogen-bond acceptors (Lipinski definition) is 4. The Labute approximate surface area is 178 Å². The number of aliphatic imine (C=N–C) groups is 1. The van der Waals surface area contributed by atoms with Crippen molar-refractivity contribution < 1.29 is 12.8 Å². The lowest BCUT2D eigenvalue weighted by molar-refractivity contribution is 0.501. The van der Waals surface area contributed by atoms with E-state index < -0.39 is 10.0 Å². The smallest absolute Gasteiger partial charge is 0.216 e. The maximum Gasteiger partial charge on any atom is 0.216 e. The molecule has 2 rings (SSSR count). The lowest BCUT2D eigenvalue weighted by Crippen LogP contribution is -2.36. The van der Waals surface area contributed by atoms with E-state index in [2.05, 4.69) is 20.3 Å². The fourth-order valence-corrected chi connectivity index (χ4v) is 3.80. The van der Waals surface area contributed by atoms with Crippen LogP contribution in [0.1, 0.15) is 30.7 Å². The summed E-state index contributed by atoms with van der Waals surface area (Å²) in [5, 5.41) is 6.37. The van der Waals surface area contributed by atoms with E-state index in [1.165, 1.54) is 0 Å². The van der Waals surface area contributed by atoms with Gasteiger partial charge in [-0.25, -0.2) is 13.1 Å². The number of nitrogens with one attached hydrogen (secondary N) is 3. The fraction of sp³-hybridized carbons (Fsp3) is 0.389. The van der Waals surface area contributed by atoms with Crippen LogP contribution < -0.4 is 15.4 Å². The first kappa shape index (κ1) is 23.4. The molecule has 0 aliphatic rings. The van der Waals surface area contributed by atoms with Gasteiger partial charge < -0.3 is 15.1 Å². The van der Waals surface area contributed by atoms with E-state index in [9.17, 15) is 8.42 Å². The van der Waals surface area contributed by atoms with Crippen LogP contribution in [0.3, 0.4) is 0 Å². The van der Waals surface area contributed by atoms with Gasteiger partial charge in [0.05, 0.1) is 18.6 Å². The molecule has 0 aliphatic heterocycles. The maximum absolute atomic E-state index is 12.0.